The highest BCUT2D eigenvalue weighted by Gasteiger charge is 2.08. The molecule has 3 aromatic rings. The third kappa shape index (κ3) is 6.82. The van der Waals surface area contributed by atoms with Crippen molar-refractivity contribution in [3.05, 3.63) is 89.7 Å². The van der Waals surface area contributed by atoms with Crippen LogP contribution in [0.1, 0.15) is 41.8 Å². The Morgan fingerprint density at radius 2 is 1.70 bits per heavy atom. The molecule has 0 saturated carbocycles. The molecular weight excluding hydrogens is 370 g/mol. The summed E-state index contributed by atoms with van der Waals surface area (Å²) >= 11 is 0. The summed E-state index contributed by atoms with van der Waals surface area (Å²) in [6, 6.07) is 20.9. The van der Waals surface area contributed by atoms with E-state index in [1.165, 1.54) is 11.1 Å². The van der Waals surface area contributed by atoms with E-state index in [4.69, 9.17) is 0 Å². The molecular formula is C26H31N3O. The van der Waals surface area contributed by atoms with Gasteiger partial charge < -0.3 is 10.6 Å². The van der Waals surface area contributed by atoms with Gasteiger partial charge in [-0.1, -0.05) is 68.4 Å². The van der Waals surface area contributed by atoms with Gasteiger partial charge in [0.05, 0.1) is 5.56 Å². The van der Waals surface area contributed by atoms with Crippen molar-refractivity contribution in [3.8, 4) is 11.1 Å². The first kappa shape index (κ1) is 21.7. The van der Waals surface area contributed by atoms with Crippen molar-refractivity contribution < 1.29 is 4.79 Å². The van der Waals surface area contributed by atoms with Gasteiger partial charge >= 0.3 is 0 Å². The van der Waals surface area contributed by atoms with Crippen LogP contribution in [0.3, 0.4) is 0 Å². The van der Waals surface area contributed by atoms with Crippen LogP contribution in [-0.4, -0.2) is 24.0 Å². The lowest BCUT2D eigenvalue weighted by molar-refractivity contribution is 0.0948. The Bertz CT molecular complexity index is 921. The van der Waals surface area contributed by atoms with Gasteiger partial charge in [0.15, 0.2) is 0 Å². The Labute approximate surface area is 179 Å². The van der Waals surface area contributed by atoms with Crippen molar-refractivity contribution in [1.82, 2.24) is 15.6 Å². The zero-order valence-electron chi connectivity index (χ0n) is 17.9. The summed E-state index contributed by atoms with van der Waals surface area (Å²) in [5, 5.41) is 6.46. The number of hydrogen-bond acceptors (Lipinski definition) is 3. The van der Waals surface area contributed by atoms with Crippen molar-refractivity contribution in [3.63, 3.8) is 0 Å². The average molecular weight is 402 g/mol. The number of benzene rings is 2. The predicted octanol–water partition coefficient (Wildman–Crippen LogP) is 4.86. The van der Waals surface area contributed by atoms with E-state index in [9.17, 15) is 4.79 Å². The molecule has 0 unspecified atom stereocenters. The summed E-state index contributed by atoms with van der Waals surface area (Å²) in [6.07, 6.45) is 5.64. The van der Waals surface area contributed by atoms with E-state index in [-0.39, 0.29) is 5.91 Å². The Hall–Kier alpha value is -2.98. The maximum absolute atomic E-state index is 12.3. The monoisotopic (exact) mass is 401 g/mol. The molecule has 0 fully saturated rings. The van der Waals surface area contributed by atoms with Gasteiger partial charge in [-0.3, -0.25) is 9.78 Å². The van der Waals surface area contributed by atoms with Gasteiger partial charge in [0.25, 0.3) is 5.91 Å². The number of rotatable bonds is 10. The molecule has 30 heavy (non-hydrogen) atoms. The molecule has 0 aliphatic rings. The molecule has 0 saturated heterocycles. The summed E-state index contributed by atoms with van der Waals surface area (Å²) in [7, 11) is 0. The largest absolute Gasteiger partial charge is 0.352 e. The maximum atomic E-state index is 12.3. The van der Waals surface area contributed by atoms with Crippen LogP contribution in [0.2, 0.25) is 0 Å². The fourth-order valence-corrected chi connectivity index (χ4v) is 3.23. The number of amides is 1. The first-order chi connectivity index (χ1) is 14.6. The molecule has 2 aromatic carbocycles. The summed E-state index contributed by atoms with van der Waals surface area (Å²) in [6.45, 7) is 6.67. The molecule has 0 radical (unpaired) electrons. The first-order valence-electron chi connectivity index (χ1n) is 10.7. The molecule has 1 aromatic heterocycles. The number of aryl methyl sites for hydroxylation is 1. The summed E-state index contributed by atoms with van der Waals surface area (Å²) < 4.78 is 0. The van der Waals surface area contributed by atoms with Gasteiger partial charge in [-0.15, -0.1) is 0 Å². The topological polar surface area (TPSA) is 54.0 Å². The molecule has 0 spiro atoms. The molecule has 0 atom stereocenters. The van der Waals surface area contributed by atoms with Crippen LogP contribution in [0, 0.1) is 5.92 Å². The van der Waals surface area contributed by atoms with Crippen LogP contribution in [0.4, 0.5) is 0 Å². The number of carbonyl (C=O) groups excluding carboxylic acids is 1. The Morgan fingerprint density at radius 3 is 2.43 bits per heavy atom. The predicted molar refractivity (Wildman–Crippen MR) is 123 cm³/mol. The van der Waals surface area contributed by atoms with E-state index in [1.807, 2.05) is 6.07 Å². The van der Waals surface area contributed by atoms with Gasteiger partial charge in [0.1, 0.15) is 0 Å². The van der Waals surface area contributed by atoms with E-state index in [1.54, 1.807) is 12.4 Å². The van der Waals surface area contributed by atoms with E-state index < -0.39 is 0 Å². The minimum absolute atomic E-state index is 0.0747. The van der Waals surface area contributed by atoms with Crippen LogP contribution in [0.5, 0.6) is 0 Å². The van der Waals surface area contributed by atoms with E-state index >= 15 is 0 Å². The van der Waals surface area contributed by atoms with E-state index in [0.29, 0.717) is 18.0 Å². The second-order valence-corrected chi connectivity index (χ2v) is 8.03. The number of nitrogens with one attached hydrogen (secondary N) is 2. The lowest BCUT2D eigenvalue weighted by Gasteiger charge is -2.09. The Kier molecular flexibility index (Phi) is 8.16. The van der Waals surface area contributed by atoms with Crippen LogP contribution < -0.4 is 10.6 Å². The lowest BCUT2D eigenvalue weighted by Crippen LogP contribution is -2.27. The standard InChI is InChI=1S/C26H31N3O/c1-20(2)16-29-26(30)25-15-24(18-28-19-25)23-12-10-22(11-13-23)17-27-14-6-9-21-7-4-3-5-8-21/h3-5,7-8,10-13,15,18-20,27H,6,9,14,16-17H2,1-2H3,(H,29,30). The average Bonchev–Trinajstić information content (AvgIpc) is 2.78. The highest BCUT2D eigenvalue weighted by Crippen LogP contribution is 2.20. The Morgan fingerprint density at radius 1 is 0.933 bits per heavy atom. The minimum atomic E-state index is -0.0747. The molecule has 156 valence electrons. The van der Waals surface area contributed by atoms with Crippen LogP contribution in [-0.2, 0) is 13.0 Å². The highest BCUT2D eigenvalue weighted by atomic mass is 16.1. The number of hydrogen-bond donors (Lipinski definition) is 2. The van der Waals surface area contributed by atoms with Crippen molar-refractivity contribution in [2.24, 2.45) is 5.92 Å². The molecule has 0 aliphatic carbocycles. The highest BCUT2D eigenvalue weighted by molar-refractivity contribution is 5.95. The molecule has 0 bridgehead atoms. The molecule has 0 aliphatic heterocycles. The van der Waals surface area contributed by atoms with Gasteiger partial charge in [-0.05, 0) is 48.1 Å². The fourth-order valence-electron chi connectivity index (χ4n) is 3.23. The second-order valence-electron chi connectivity index (χ2n) is 8.03. The Balaban J connectivity index is 1.49. The zero-order valence-corrected chi connectivity index (χ0v) is 17.9. The van der Waals surface area contributed by atoms with E-state index in [0.717, 1.165) is 37.1 Å². The van der Waals surface area contributed by atoms with Gasteiger partial charge in [-0.25, -0.2) is 0 Å². The summed E-state index contributed by atoms with van der Waals surface area (Å²) in [4.78, 5) is 16.5. The molecule has 1 amide bonds. The smallest absolute Gasteiger partial charge is 0.252 e. The van der Waals surface area contributed by atoms with Crippen LogP contribution in [0.15, 0.2) is 73.1 Å². The van der Waals surface area contributed by atoms with Crippen molar-refractivity contribution >= 4 is 5.91 Å². The van der Waals surface area contributed by atoms with Crippen molar-refractivity contribution in [2.45, 2.75) is 33.2 Å². The molecule has 3 rings (SSSR count). The SMILES string of the molecule is CC(C)CNC(=O)c1cncc(-c2ccc(CNCCCc3ccccc3)cc2)c1. The maximum Gasteiger partial charge on any atom is 0.252 e. The molecule has 4 nitrogen and oxygen atoms in total. The third-order valence-corrected chi connectivity index (χ3v) is 4.95. The summed E-state index contributed by atoms with van der Waals surface area (Å²) in [5.41, 5.74) is 5.25. The van der Waals surface area contributed by atoms with Gasteiger partial charge in [0, 0.05) is 31.0 Å². The number of carbonyl (C=O) groups is 1. The third-order valence-electron chi connectivity index (χ3n) is 4.95. The molecule has 1 heterocycles. The molecule has 4 heteroatoms. The number of nitrogens with zero attached hydrogens (tertiary/aromatic N) is 1. The second kappa shape index (κ2) is 11.3. The zero-order chi connectivity index (χ0) is 21.2. The number of pyridine rings is 1. The quantitative estimate of drug-likeness (QED) is 0.477. The van der Waals surface area contributed by atoms with Crippen molar-refractivity contribution in [1.29, 1.82) is 0 Å². The molecule has 2 N–H and O–H groups in total. The minimum Gasteiger partial charge on any atom is -0.352 e. The van der Waals surface area contributed by atoms with Crippen molar-refractivity contribution in [2.75, 3.05) is 13.1 Å². The van der Waals surface area contributed by atoms with Gasteiger partial charge in [0.2, 0.25) is 0 Å². The summed E-state index contributed by atoms with van der Waals surface area (Å²) in [5.74, 6) is 0.346. The first-order valence-corrected chi connectivity index (χ1v) is 10.7. The fraction of sp³-hybridized carbons (Fsp3) is 0.308. The van der Waals surface area contributed by atoms with E-state index in [2.05, 4.69) is 84.1 Å². The van der Waals surface area contributed by atoms with Gasteiger partial charge in [-0.2, -0.15) is 0 Å². The van der Waals surface area contributed by atoms with Crippen LogP contribution >= 0.6 is 0 Å². The lowest BCUT2D eigenvalue weighted by atomic mass is 10.0. The normalized spacial score (nSPS) is 10.9. The van der Waals surface area contributed by atoms with Crippen LogP contribution in [0.25, 0.3) is 11.1 Å². The number of aromatic nitrogens is 1.